The van der Waals surface area contributed by atoms with E-state index in [1.54, 1.807) is 19.1 Å². The van der Waals surface area contributed by atoms with Gasteiger partial charge < -0.3 is 19.7 Å². The van der Waals surface area contributed by atoms with Crippen molar-refractivity contribution in [3.05, 3.63) is 63.1 Å². The Morgan fingerprint density at radius 3 is 2.59 bits per heavy atom. The van der Waals surface area contributed by atoms with Gasteiger partial charge in [-0.05, 0) is 25.3 Å². The molecule has 2 amide bonds. The smallest absolute Gasteiger partial charge is 0.288 e. The molecule has 34 heavy (non-hydrogen) atoms. The Labute approximate surface area is 195 Å². The predicted octanol–water partition coefficient (Wildman–Crippen LogP) is 1.88. The molecule has 1 aliphatic rings. The van der Waals surface area contributed by atoms with Gasteiger partial charge in [0.1, 0.15) is 17.2 Å². The minimum atomic E-state index is -1.02. The lowest BCUT2D eigenvalue weighted by Crippen LogP contribution is -2.44. The van der Waals surface area contributed by atoms with Gasteiger partial charge in [0.05, 0.1) is 0 Å². The van der Waals surface area contributed by atoms with E-state index in [0.29, 0.717) is 38.7 Å². The van der Waals surface area contributed by atoms with Crippen LogP contribution in [0.5, 0.6) is 5.75 Å². The number of nitrogens with one attached hydrogen (secondary N) is 1. The van der Waals surface area contributed by atoms with Gasteiger partial charge in [-0.3, -0.25) is 19.4 Å². The lowest BCUT2D eigenvalue weighted by molar-refractivity contribution is 0.0155. The molecule has 0 bridgehead atoms. The predicted molar refractivity (Wildman–Crippen MR) is 119 cm³/mol. The lowest BCUT2D eigenvalue weighted by Gasteiger charge is -2.30. The van der Waals surface area contributed by atoms with Crippen molar-refractivity contribution in [2.45, 2.75) is 32.4 Å². The number of fused-ring (bicyclic) bond motifs is 1. The van der Waals surface area contributed by atoms with Gasteiger partial charge in [-0.2, -0.15) is 0 Å². The highest BCUT2D eigenvalue weighted by Gasteiger charge is 2.28. The number of rotatable bonds is 4. The van der Waals surface area contributed by atoms with E-state index in [4.69, 9.17) is 4.74 Å². The van der Waals surface area contributed by atoms with E-state index in [9.17, 15) is 28.3 Å². The number of carbonyl (C=O) groups excluding carboxylic acids is 2. The first-order chi connectivity index (χ1) is 16.2. The summed E-state index contributed by atoms with van der Waals surface area (Å²) in [5, 5.41) is 16.1. The Hall–Kier alpha value is -3.31. The number of ether oxygens (including phenoxy) is 1. The van der Waals surface area contributed by atoms with Crippen LogP contribution in [0, 0.1) is 11.6 Å². The maximum atomic E-state index is 13.9. The third kappa shape index (κ3) is 5.78. The summed E-state index contributed by atoms with van der Waals surface area (Å²) in [5.41, 5.74) is -1.61. The summed E-state index contributed by atoms with van der Waals surface area (Å²) in [6.45, 7) is 1.22. The number of halogens is 2. The van der Waals surface area contributed by atoms with Crippen molar-refractivity contribution >= 4 is 11.8 Å². The molecule has 2 N–H and O–H groups in total. The molecule has 0 spiro atoms. The summed E-state index contributed by atoms with van der Waals surface area (Å²) < 4.78 is 33.9. The topological polar surface area (TPSA) is 104 Å². The lowest BCUT2D eigenvalue weighted by atomic mass is 10.1. The molecule has 0 saturated carbocycles. The molecule has 184 valence electrons. The average molecular weight is 478 g/mol. The number of hydrazine groups is 1. The van der Waals surface area contributed by atoms with Crippen LogP contribution in [0.1, 0.15) is 45.7 Å². The molecule has 3 rings (SSSR count). The molecule has 1 aromatic heterocycles. The molecule has 0 atom stereocenters. The van der Waals surface area contributed by atoms with Crippen molar-refractivity contribution in [3.8, 4) is 5.75 Å². The number of amides is 2. The first-order valence-corrected chi connectivity index (χ1v) is 11.0. The Bertz CT molecular complexity index is 1120. The van der Waals surface area contributed by atoms with E-state index in [2.05, 4.69) is 5.32 Å². The fourth-order valence-electron chi connectivity index (χ4n) is 3.66. The Balaban J connectivity index is 1.95. The molecule has 2 aromatic rings. The fraction of sp³-hybridized carbons (Fsp3) is 0.435. The highest BCUT2D eigenvalue weighted by Crippen LogP contribution is 2.19. The second kappa shape index (κ2) is 11.2. The largest absolute Gasteiger partial charge is 0.503 e. The summed E-state index contributed by atoms with van der Waals surface area (Å²) >= 11 is 0. The molecule has 1 aliphatic heterocycles. The van der Waals surface area contributed by atoms with Crippen LogP contribution in [0.3, 0.4) is 0 Å². The van der Waals surface area contributed by atoms with Crippen LogP contribution in [-0.2, 0) is 17.8 Å². The maximum Gasteiger partial charge on any atom is 0.288 e. The van der Waals surface area contributed by atoms with Gasteiger partial charge in [-0.1, -0.05) is 6.07 Å². The summed E-state index contributed by atoms with van der Waals surface area (Å²) in [6.07, 6.45) is 3.11. The second-order valence-electron chi connectivity index (χ2n) is 8.13. The SMILES string of the molecule is CN(C)N1CCCCOCCCn2cc(C(=O)NCc3ccc(F)cc3F)c(=O)c(O)c2C1=O. The van der Waals surface area contributed by atoms with Gasteiger partial charge in [0.2, 0.25) is 5.43 Å². The molecule has 1 aromatic carbocycles. The molecule has 9 nitrogen and oxygen atoms in total. The highest BCUT2D eigenvalue weighted by molar-refractivity contribution is 5.98. The van der Waals surface area contributed by atoms with E-state index in [1.807, 2.05) is 0 Å². The van der Waals surface area contributed by atoms with Crippen molar-refractivity contribution in [3.63, 3.8) is 0 Å². The number of hydrogen-bond acceptors (Lipinski definition) is 6. The van der Waals surface area contributed by atoms with E-state index in [0.717, 1.165) is 12.5 Å². The molecule has 0 radical (unpaired) electrons. The quantitative estimate of drug-likeness (QED) is 0.696. The summed E-state index contributed by atoms with van der Waals surface area (Å²) in [5.74, 6) is -3.86. The van der Waals surface area contributed by atoms with Gasteiger partial charge in [0.15, 0.2) is 11.4 Å². The second-order valence-corrected chi connectivity index (χ2v) is 8.13. The van der Waals surface area contributed by atoms with E-state index >= 15 is 0 Å². The van der Waals surface area contributed by atoms with Crippen LogP contribution in [0.2, 0.25) is 0 Å². The number of carbonyl (C=O) groups is 2. The van der Waals surface area contributed by atoms with Crippen LogP contribution >= 0.6 is 0 Å². The van der Waals surface area contributed by atoms with E-state index < -0.39 is 40.2 Å². The van der Waals surface area contributed by atoms with Crippen molar-refractivity contribution in [1.82, 2.24) is 19.9 Å². The van der Waals surface area contributed by atoms with Crippen molar-refractivity contribution in [1.29, 1.82) is 0 Å². The van der Waals surface area contributed by atoms with Crippen molar-refractivity contribution in [2.75, 3.05) is 33.9 Å². The van der Waals surface area contributed by atoms with Gasteiger partial charge in [-0.25, -0.2) is 13.8 Å². The number of aromatic nitrogens is 1. The Morgan fingerprint density at radius 1 is 1.15 bits per heavy atom. The minimum Gasteiger partial charge on any atom is -0.503 e. The molecular formula is C23H28F2N4O5. The third-order valence-electron chi connectivity index (χ3n) is 5.47. The third-order valence-corrected chi connectivity index (χ3v) is 5.47. The molecule has 2 heterocycles. The van der Waals surface area contributed by atoms with E-state index in [1.165, 1.54) is 21.8 Å². The number of nitrogens with zero attached hydrogens (tertiary/aromatic N) is 3. The summed E-state index contributed by atoms with van der Waals surface area (Å²) in [6, 6.07) is 2.92. The summed E-state index contributed by atoms with van der Waals surface area (Å²) in [7, 11) is 3.35. The number of aryl methyl sites for hydroxylation is 1. The van der Waals surface area contributed by atoms with Crippen LogP contribution < -0.4 is 10.7 Å². The van der Waals surface area contributed by atoms with Gasteiger partial charge in [0, 0.05) is 64.8 Å². The first-order valence-electron chi connectivity index (χ1n) is 11.0. The zero-order valence-electron chi connectivity index (χ0n) is 19.1. The number of hydrogen-bond donors (Lipinski definition) is 2. The van der Waals surface area contributed by atoms with Gasteiger partial charge in [0.25, 0.3) is 11.8 Å². The fourth-order valence-corrected chi connectivity index (χ4v) is 3.66. The molecule has 0 aliphatic carbocycles. The highest BCUT2D eigenvalue weighted by atomic mass is 19.1. The molecule has 0 fully saturated rings. The Kier molecular flexibility index (Phi) is 8.35. The van der Waals surface area contributed by atoms with Crippen LogP contribution in [0.15, 0.2) is 29.2 Å². The van der Waals surface area contributed by atoms with Gasteiger partial charge >= 0.3 is 0 Å². The zero-order valence-corrected chi connectivity index (χ0v) is 19.1. The first kappa shape index (κ1) is 25.3. The number of pyridine rings is 1. The van der Waals surface area contributed by atoms with Gasteiger partial charge in [-0.15, -0.1) is 0 Å². The van der Waals surface area contributed by atoms with E-state index in [-0.39, 0.29) is 24.3 Å². The summed E-state index contributed by atoms with van der Waals surface area (Å²) in [4.78, 5) is 38.9. The zero-order chi connectivity index (χ0) is 24.8. The normalized spacial score (nSPS) is 15.4. The molecule has 11 heteroatoms. The van der Waals surface area contributed by atoms with Crippen molar-refractivity contribution < 1.29 is 28.2 Å². The molecular weight excluding hydrogens is 450 g/mol. The van der Waals surface area contributed by atoms with Crippen LogP contribution in [0.25, 0.3) is 0 Å². The molecule has 0 saturated heterocycles. The molecule has 0 unspecified atom stereocenters. The maximum absolute atomic E-state index is 13.9. The Morgan fingerprint density at radius 2 is 1.88 bits per heavy atom. The van der Waals surface area contributed by atoms with Crippen molar-refractivity contribution in [2.24, 2.45) is 0 Å². The average Bonchev–Trinajstić information content (AvgIpc) is 2.78. The number of benzene rings is 1. The number of aromatic hydroxyl groups is 1. The van der Waals surface area contributed by atoms with Crippen LogP contribution in [0.4, 0.5) is 8.78 Å². The minimum absolute atomic E-state index is 0.0272. The van der Waals surface area contributed by atoms with Crippen LogP contribution in [-0.4, -0.2) is 65.4 Å². The monoisotopic (exact) mass is 478 g/mol. The standard InChI is InChI=1S/C23H28F2N4O5/c1-27(2)29-9-3-4-10-34-11-5-8-28-14-17(20(30)21(31)19(28)23(29)33)22(32)26-13-15-6-7-16(24)12-18(15)25/h6-7,12,14,31H,3-5,8-11,13H2,1-2H3,(H,26,32).